The van der Waals surface area contributed by atoms with E-state index >= 15 is 0 Å². The maximum Gasteiger partial charge on any atom is 0.352 e. The van der Waals surface area contributed by atoms with Crippen molar-refractivity contribution in [1.82, 2.24) is 4.57 Å². The quantitative estimate of drug-likeness (QED) is 0.437. The van der Waals surface area contributed by atoms with Crippen molar-refractivity contribution < 1.29 is 19.0 Å². The van der Waals surface area contributed by atoms with E-state index in [0.717, 1.165) is 22.4 Å². The third-order valence-corrected chi connectivity index (χ3v) is 4.85. The van der Waals surface area contributed by atoms with Gasteiger partial charge in [0.15, 0.2) is 0 Å². The number of nitrogens with zero attached hydrogens (tertiary/aromatic N) is 1. The molecule has 150 valence electrons. The Kier molecular flexibility index (Phi) is 5.61. The van der Waals surface area contributed by atoms with Gasteiger partial charge in [0, 0.05) is 17.3 Å². The smallest absolute Gasteiger partial charge is 0.352 e. The highest BCUT2D eigenvalue weighted by Gasteiger charge is 2.15. The molecule has 0 amide bonds. The van der Waals surface area contributed by atoms with Crippen LogP contribution in [0.1, 0.15) is 21.6 Å². The molecule has 0 saturated heterocycles. The highest BCUT2D eigenvalue weighted by Crippen LogP contribution is 2.26. The van der Waals surface area contributed by atoms with Crippen molar-refractivity contribution in [3.8, 4) is 16.9 Å². The van der Waals surface area contributed by atoms with Crippen molar-refractivity contribution >= 4 is 5.97 Å². The van der Waals surface area contributed by atoms with Gasteiger partial charge in [-0.2, -0.15) is 0 Å². The van der Waals surface area contributed by atoms with E-state index in [0.29, 0.717) is 12.2 Å². The SMILES string of the molecule is O=C(O)c1cc(-c2ccc(OCc3ccccc3)cc2)cn1Cc1ccccc1F. The number of rotatable bonds is 7. The summed E-state index contributed by atoms with van der Waals surface area (Å²) < 4.78 is 21.4. The maximum atomic E-state index is 14.0. The predicted octanol–water partition coefficient (Wildman–Crippen LogP) is 5.62. The summed E-state index contributed by atoms with van der Waals surface area (Å²) in [6, 6.07) is 25.3. The van der Waals surface area contributed by atoms with Crippen molar-refractivity contribution in [2.24, 2.45) is 0 Å². The van der Waals surface area contributed by atoms with Crippen LogP contribution in [-0.2, 0) is 13.2 Å². The Morgan fingerprint density at radius 1 is 0.900 bits per heavy atom. The van der Waals surface area contributed by atoms with E-state index in [9.17, 15) is 14.3 Å². The first kappa shape index (κ1) is 19.5. The van der Waals surface area contributed by atoms with E-state index in [-0.39, 0.29) is 18.1 Å². The topological polar surface area (TPSA) is 51.5 Å². The van der Waals surface area contributed by atoms with Gasteiger partial charge in [0.2, 0.25) is 0 Å². The lowest BCUT2D eigenvalue weighted by atomic mass is 10.1. The molecule has 0 aliphatic carbocycles. The molecule has 0 spiro atoms. The number of aromatic carboxylic acids is 1. The summed E-state index contributed by atoms with van der Waals surface area (Å²) in [5.41, 5.74) is 3.23. The van der Waals surface area contributed by atoms with Crippen LogP contribution in [0, 0.1) is 5.82 Å². The molecule has 1 heterocycles. The second-order valence-electron chi connectivity index (χ2n) is 6.94. The Morgan fingerprint density at radius 2 is 1.60 bits per heavy atom. The number of hydrogen-bond donors (Lipinski definition) is 1. The zero-order valence-corrected chi connectivity index (χ0v) is 16.2. The molecular weight excluding hydrogens is 381 g/mol. The van der Waals surface area contributed by atoms with Crippen LogP contribution < -0.4 is 4.74 Å². The Labute approximate surface area is 173 Å². The fraction of sp³-hybridized carbons (Fsp3) is 0.0800. The van der Waals surface area contributed by atoms with Crippen LogP contribution in [0.4, 0.5) is 4.39 Å². The lowest BCUT2D eigenvalue weighted by molar-refractivity contribution is 0.0685. The van der Waals surface area contributed by atoms with Gasteiger partial charge < -0.3 is 14.4 Å². The summed E-state index contributed by atoms with van der Waals surface area (Å²) in [4.78, 5) is 11.7. The molecule has 1 aromatic heterocycles. The minimum atomic E-state index is -1.06. The Hall–Kier alpha value is -3.86. The van der Waals surface area contributed by atoms with Gasteiger partial charge in [-0.3, -0.25) is 0 Å². The predicted molar refractivity (Wildman–Crippen MR) is 113 cm³/mol. The van der Waals surface area contributed by atoms with Gasteiger partial charge in [0.05, 0.1) is 6.54 Å². The fourth-order valence-corrected chi connectivity index (χ4v) is 3.27. The van der Waals surface area contributed by atoms with Crippen LogP contribution in [0.15, 0.2) is 91.1 Å². The van der Waals surface area contributed by atoms with Gasteiger partial charge >= 0.3 is 5.97 Å². The molecule has 4 aromatic rings. The highest BCUT2D eigenvalue weighted by atomic mass is 19.1. The number of aromatic nitrogens is 1. The lowest BCUT2D eigenvalue weighted by Crippen LogP contribution is -2.09. The third kappa shape index (κ3) is 4.41. The van der Waals surface area contributed by atoms with Gasteiger partial charge in [0.25, 0.3) is 0 Å². The fourth-order valence-electron chi connectivity index (χ4n) is 3.27. The van der Waals surface area contributed by atoms with Gasteiger partial charge in [-0.1, -0.05) is 60.7 Å². The molecule has 1 N–H and O–H groups in total. The molecular formula is C25H20FNO3. The maximum absolute atomic E-state index is 14.0. The van der Waals surface area contributed by atoms with Crippen LogP contribution in [-0.4, -0.2) is 15.6 Å². The molecule has 0 radical (unpaired) electrons. The molecule has 0 aliphatic heterocycles. The van der Waals surface area contributed by atoms with E-state index in [1.165, 1.54) is 6.07 Å². The van der Waals surface area contributed by atoms with E-state index in [4.69, 9.17) is 4.74 Å². The van der Waals surface area contributed by atoms with Crippen molar-refractivity contribution in [3.05, 3.63) is 114 Å². The van der Waals surface area contributed by atoms with E-state index < -0.39 is 5.97 Å². The van der Waals surface area contributed by atoms with Gasteiger partial charge in [-0.25, -0.2) is 9.18 Å². The van der Waals surface area contributed by atoms with Crippen LogP contribution >= 0.6 is 0 Å². The second kappa shape index (κ2) is 8.66. The Balaban J connectivity index is 1.53. The number of benzene rings is 3. The average Bonchev–Trinajstić information content (AvgIpc) is 3.19. The van der Waals surface area contributed by atoms with Crippen molar-refractivity contribution in [2.75, 3.05) is 0 Å². The Bertz CT molecular complexity index is 1150. The number of hydrogen-bond acceptors (Lipinski definition) is 2. The number of halogens is 1. The van der Waals surface area contributed by atoms with Crippen LogP contribution in [0.3, 0.4) is 0 Å². The molecule has 0 unspecified atom stereocenters. The first-order valence-corrected chi connectivity index (χ1v) is 9.54. The Morgan fingerprint density at radius 3 is 2.30 bits per heavy atom. The molecule has 5 heteroatoms. The third-order valence-electron chi connectivity index (χ3n) is 4.85. The summed E-state index contributed by atoms with van der Waals surface area (Å²) >= 11 is 0. The normalized spacial score (nSPS) is 10.7. The molecule has 0 fully saturated rings. The van der Waals surface area contributed by atoms with E-state index in [1.54, 1.807) is 35.0 Å². The average molecular weight is 401 g/mol. The minimum absolute atomic E-state index is 0.109. The van der Waals surface area contributed by atoms with Gasteiger partial charge in [0.1, 0.15) is 23.9 Å². The molecule has 3 aromatic carbocycles. The number of carboxylic acid groups (broad SMARTS) is 1. The van der Waals surface area contributed by atoms with Crippen LogP contribution in [0.5, 0.6) is 5.75 Å². The molecule has 0 atom stereocenters. The molecule has 0 bridgehead atoms. The summed E-state index contributed by atoms with van der Waals surface area (Å²) in [5, 5.41) is 9.56. The first-order chi connectivity index (χ1) is 14.6. The molecule has 0 aliphatic rings. The van der Waals surface area contributed by atoms with Gasteiger partial charge in [-0.15, -0.1) is 0 Å². The molecule has 4 nitrogen and oxygen atoms in total. The van der Waals surface area contributed by atoms with Gasteiger partial charge in [-0.05, 0) is 35.4 Å². The zero-order chi connectivity index (χ0) is 20.9. The van der Waals surface area contributed by atoms with Crippen molar-refractivity contribution in [3.63, 3.8) is 0 Å². The first-order valence-electron chi connectivity index (χ1n) is 9.54. The summed E-state index contributed by atoms with van der Waals surface area (Å²) in [7, 11) is 0. The van der Waals surface area contributed by atoms with Crippen molar-refractivity contribution in [2.45, 2.75) is 13.2 Å². The molecule has 30 heavy (non-hydrogen) atoms. The van der Waals surface area contributed by atoms with E-state index in [2.05, 4.69) is 0 Å². The monoisotopic (exact) mass is 401 g/mol. The number of carbonyl (C=O) groups is 1. The standard InChI is InChI=1S/C25H20FNO3/c26-23-9-5-4-8-20(23)15-27-16-21(14-24(27)25(28)29)19-10-12-22(13-11-19)30-17-18-6-2-1-3-7-18/h1-14,16H,15,17H2,(H,28,29). The highest BCUT2D eigenvalue weighted by molar-refractivity contribution is 5.88. The summed E-state index contributed by atoms with van der Waals surface area (Å²) in [5.74, 6) is -0.684. The molecule has 4 rings (SSSR count). The van der Waals surface area contributed by atoms with Crippen molar-refractivity contribution in [1.29, 1.82) is 0 Å². The summed E-state index contributed by atoms with van der Waals surface area (Å²) in [6.45, 7) is 0.620. The molecule has 0 saturated carbocycles. The van der Waals surface area contributed by atoms with Crippen LogP contribution in [0.25, 0.3) is 11.1 Å². The largest absolute Gasteiger partial charge is 0.489 e. The zero-order valence-electron chi connectivity index (χ0n) is 16.2. The number of ether oxygens (including phenoxy) is 1. The van der Waals surface area contributed by atoms with E-state index in [1.807, 2.05) is 54.6 Å². The lowest BCUT2D eigenvalue weighted by Gasteiger charge is -2.08. The summed E-state index contributed by atoms with van der Waals surface area (Å²) in [6.07, 6.45) is 1.73. The minimum Gasteiger partial charge on any atom is -0.489 e. The van der Waals surface area contributed by atoms with Crippen LogP contribution in [0.2, 0.25) is 0 Å². The number of carboxylic acids is 1. The second-order valence-corrected chi connectivity index (χ2v) is 6.94.